The first-order valence-electron chi connectivity index (χ1n) is 9.07. The molecule has 0 radical (unpaired) electrons. The first-order valence-corrected chi connectivity index (χ1v) is 9.07. The molecule has 0 spiro atoms. The maximum atomic E-state index is 12.0. The van der Waals surface area contributed by atoms with Crippen LogP contribution in [0, 0.1) is 0 Å². The van der Waals surface area contributed by atoms with Gasteiger partial charge in [0.15, 0.2) is 5.78 Å². The number of ketones is 1. The standard InChI is InChI=1S/C19H34O/c1-2-3-4-5-6-7-8-9-10-14-17-19(20)18-15-12-11-13-16-18/h15H,2-14,16-17H2,1H3. The quantitative estimate of drug-likeness (QED) is 0.379. The molecular weight excluding hydrogens is 244 g/mol. The van der Waals surface area contributed by atoms with Crippen LogP contribution in [0.25, 0.3) is 0 Å². The van der Waals surface area contributed by atoms with Crippen molar-refractivity contribution in [1.29, 1.82) is 0 Å². The summed E-state index contributed by atoms with van der Waals surface area (Å²) >= 11 is 0. The van der Waals surface area contributed by atoms with E-state index in [0.717, 1.165) is 31.3 Å². The number of carbonyl (C=O) groups excluding carboxylic acids is 1. The highest BCUT2D eigenvalue weighted by molar-refractivity contribution is 5.95. The van der Waals surface area contributed by atoms with Crippen LogP contribution < -0.4 is 0 Å². The molecule has 0 atom stereocenters. The summed E-state index contributed by atoms with van der Waals surface area (Å²) in [6.07, 6.45) is 21.0. The molecule has 1 heteroatoms. The van der Waals surface area contributed by atoms with E-state index in [2.05, 4.69) is 13.0 Å². The van der Waals surface area contributed by atoms with Crippen molar-refractivity contribution in [3.63, 3.8) is 0 Å². The van der Waals surface area contributed by atoms with Gasteiger partial charge in [-0.15, -0.1) is 0 Å². The number of Topliss-reactive ketones (excluding diaryl/α,β-unsaturated/α-hetero) is 1. The number of hydrogen-bond donors (Lipinski definition) is 0. The summed E-state index contributed by atoms with van der Waals surface area (Å²) in [5, 5.41) is 0. The fourth-order valence-electron chi connectivity index (χ4n) is 3.02. The van der Waals surface area contributed by atoms with Crippen LogP contribution in [-0.2, 0) is 4.79 Å². The highest BCUT2D eigenvalue weighted by Crippen LogP contribution is 2.20. The second-order valence-electron chi connectivity index (χ2n) is 6.33. The summed E-state index contributed by atoms with van der Waals surface area (Å²) in [5.41, 5.74) is 1.13. The summed E-state index contributed by atoms with van der Waals surface area (Å²) in [6.45, 7) is 2.27. The van der Waals surface area contributed by atoms with E-state index in [9.17, 15) is 4.79 Å². The van der Waals surface area contributed by atoms with Crippen LogP contribution in [0.1, 0.15) is 103 Å². The van der Waals surface area contributed by atoms with Crippen LogP contribution in [0.4, 0.5) is 0 Å². The third kappa shape index (κ3) is 8.55. The second-order valence-corrected chi connectivity index (χ2v) is 6.33. The van der Waals surface area contributed by atoms with Gasteiger partial charge in [-0.3, -0.25) is 4.79 Å². The van der Waals surface area contributed by atoms with E-state index in [0.29, 0.717) is 5.78 Å². The van der Waals surface area contributed by atoms with E-state index in [4.69, 9.17) is 0 Å². The molecule has 0 aromatic heterocycles. The zero-order chi connectivity index (χ0) is 14.5. The minimum Gasteiger partial charge on any atom is -0.295 e. The van der Waals surface area contributed by atoms with E-state index in [1.807, 2.05) is 0 Å². The van der Waals surface area contributed by atoms with Crippen molar-refractivity contribution in [2.75, 3.05) is 0 Å². The maximum absolute atomic E-state index is 12.0. The average molecular weight is 278 g/mol. The smallest absolute Gasteiger partial charge is 0.158 e. The molecule has 0 unspecified atom stereocenters. The van der Waals surface area contributed by atoms with Crippen molar-refractivity contribution in [1.82, 2.24) is 0 Å². The average Bonchev–Trinajstić information content (AvgIpc) is 2.50. The molecule has 0 bridgehead atoms. The van der Waals surface area contributed by atoms with Crippen LogP contribution in [0.3, 0.4) is 0 Å². The highest BCUT2D eigenvalue weighted by atomic mass is 16.1. The van der Waals surface area contributed by atoms with E-state index < -0.39 is 0 Å². The molecule has 1 nitrogen and oxygen atoms in total. The Balaban J connectivity index is 1.87. The third-order valence-corrected chi connectivity index (χ3v) is 4.41. The Morgan fingerprint density at radius 1 is 0.900 bits per heavy atom. The zero-order valence-electron chi connectivity index (χ0n) is 13.6. The van der Waals surface area contributed by atoms with Gasteiger partial charge in [-0.1, -0.05) is 70.8 Å². The van der Waals surface area contributed by atoms with Crippen LogP contribution in [0.15, 0.2) is 11.6 Å². The van der Waals surface area contributed by atoms with E-state index in [1.54, 1.807) is 0 Å². The number of carbonyl (C=O) groups is 1. The lowest BCUT2D eigenvalue weighted by molar-refractivity contribution is -0.115. The van der Waals surface area contributed by atoms with Gasteiger partial charge in [0.25, 0.3) is 0 Å². The van der Waals surface area contributed by atoms with Gasteiger partial charge >= 0.3 is 0 Å². The van der Waals surface area contributed by atoms with Crippen LogP contribution >= 0.6 is 0 Å². The van der Waals surface area contributed by atoms with Gasteiger partial charge in [0.05, 0.1) is 0 Å². The number of hydrogen-bond acceptors (Lipinski definition) is 1. The SMILES string of the molecule is CCCCCCCCCCCCC(=O)C1=CCCCC1. The first-order chi connectivity index (χ1) is 9.84. The molecule has 116 valence electrons. The Labute approximate surface area is 126 Å². The van der Waals surface area contributed by atoms with Crippen molar-refractivity contribution in [2.45, 2.75) is 103 Å². The van der Waals surface area contributed by atoms with Gasteiger partial charge < -0.3 is 0 Å². The number of unbranched alkanes of at least 4 members (excludes halogenated alkanes) is 9. The molecule has 0 heterocycles. The molecule has 1 aliphatic rings. The van der Waals surface area contributed by atoms with Crippen LogP contribution in [-0.4, -0.2) is 5.78 Å². The fraction of sp³-hybridized carbons (Fsp3) is 0.842. The number of allylic oxidation sites excluding steroid dienone is 2. The molecule has 0 amide bonds. The second kappa shape index (κ2) is 12.2. The summed E-state index contributed by atoms with van der Waals surface area (Å²) < 4.78 is 0. The molecule has 0 aromatic rings. The Hall–Kier alpha value is -0.590. The maximum Gasteiger partial charge on any atom is 0.158 e. The Morgan fingerprint density at radius 3 is 2.05 bits per heavy atom. The minimum absolute atomic E-state index is 0.435. The molecule has 20 heavy (non-hydrogen) atoms. The van der Waals surface area contributed by atoms with Gasteiger partial charge in [0.1, 0.15) is 0 Å². The number of rotatable bonds is 12. The molecule has 1 rings (SSSR count). The largest absolute Gasteiger partial charge is 0.295 e. The Morgan fingerprint density at radius 2 is 1.50 bits per heavy atom. The van der Waals surface area contributed by atoms with Crippen LogP contribution in [0.5, 0.6) is 0 Å². The summed E-state index contributed by atoms with van der Waals surface area (Å²) in [4.78, 5) is 12.0. The lowest BCUT2D eigenvalue weighted by atomic mass is 9.94. The van der Waals surface area contributed by atoms with E-state index in [1.165, 1.54) is 70.6 Å². The van der Waals surface area contributed by atoms with Crippen LogP contribution in [0.2, 0.25) is 0 Å². The summed E-state index contributed by atoms with van der Waals surface area (Å²) in [5.74, 6) is 0.435. The molecule has 0 aliphatic heterocycles. The predicted molar refractivity (Wildman–Crippen MR) is 88.0 cm³/mol. The first kappa shape index (κ1) is 17.5. The normalized spacial score (nSPS) is 15.2. The Bertz CT molecular complexity index is 277. The predicted octanol–water partition coefficient (Wildman–Crippen LogP) is 6.37. The minimum atomic E-state index is 0.435. The molecule has 0 aromatic carbocycles. The summed E-state index contributed by atoms with van der Waals surface area (Å²) in [7, 11) is 0. The molecular formula is C19H34O. The van der Waals surface area contributed by atoms with Gasteiger partial charge in [-0.25, -0.2) is 0 Å². The lowest BCUT2D eigenvalue weighted by Gasteiger charge is -2.11. The molecule has 0 saturated carbocycles. The van der Waals surface area contributed by atoms with Gasteiger partial charge in [-0.05, 0) is 37.7 Å². The van der Waals surface area contributed by atoms with Gasteiger partial charge in [0.2, 0.25) is 0 Å². The Kier molecular flexibility index (Phi) is 10.6. The molecule has 0 fully saturated rings. The van der Waals surface area contributed by atoms with Crippen molar-refractivity contribution in [2.24, 2.45) is 0 Å². The molecule has 0 N–H and O–H groups in total. The van der Waals surface area contributed by atoms with Gasteiger partial charge in [0, 0.05) is 6.42 Å². The zero-order valence-corrected chi connectivity index (χ0v) is 13.6. The van der Waals surface area contributed by atoms with Crippen molar-refractivity contribution in [3.8, 4) is 0 Å². The monoisotopic (exact) mass is 278 g/mol. The van der Waals surface area contributed by atoms with Crippen molar-refractivity contribution < 1.29 is 4.79 Å². The molecule has 1 aliphatic carbocycles. The highest BCUT2D eigenvalue weighted by Gasteiger charge is 2.11. The van der Waals surface area contributed by atoms with Crippen molar-refractivity contribution in [3.05, 3.63) is 11.6 Å². The van der Waals surface area contributed by atoms with Gasteiger partial charge in [-0.2, -0.15) is 0 Å². The van der Waals surface area contributed by atoms with Crippen molar-refractivity contribution >= 4 is 5.78 Å². The lowest BCUT2D eigenvalue weighted by Crippen LogP contribution is -2.05. The van der Waals surface area contributed by atoms with E-state index in [-0.39, 0.29) is 0 Å². The topological polar surface area (TPSA) is 17.1 Å². The van der Waals surface area contributed by atoms with E-state index >= 15 is 0 Å². The fourth-order valence-corrected chi connectivity index (χ4v) is 3.02. The third-order valence-electron chi connectivity index (χ3n) is 4.41. The molecule has 0 saturated heterocycles. The summed E-state index contributed by atoms with van der Waals surface area (Å²) in [6, 6.07) is 0.